The van der Waals surface area contributed by atoms with E-state index in [1.807, 2.05) is 0 Å². The number of nitrogens with zero attached hydrogens (tertiary/aromatic N) is 1. The smallest absolute Gasteiger partial charge is 0.244 e. The van der Waals surface area contributed by atoms with Crippen LogP contribution in [0.3, 0.4) is 0 Å². The molecule has 2 aliphatic carbocycles. The minimum Gasteiger partial charge on any atom is -0.320 e. The first-order valence-corrected chi connectivity index (χ1v) is 9.18. The van der Waals surface area contributed by atoms with Crippen LogP contribution in [0.15, 0.2) is 17.5 Å². The number of thiophene rings is 1. The predicted molar refractivity (Wildman–Crippen MR) is 85.0 cm³/mol. The van der Waals surface area contributed by atoms with E-state index in [4.69, 9.17) is 0 Å². The first kappa shape index (κ1) is 13.8. The number of carbonyl (C=O) groups is 1. The number of hydrogen-bond acceptors (Lipinski definition) is 3. The quantitative estimate of drug-likeness (QED) is 0.926. The van der Waals surface area contributed by atoms with Gasteiger partial charge >= 0.3 is 0 Å². The van der Waals surface area contributed by atoms with Crippen molar-refractivity contribution < 1.29 is 4.79 Å². The Balaban J connectivity index is 1.52. The van der Waals surface area contributed by atoms with Crippen LogP contribution in [-0.2, 0) is 4.79 Å². The molecule has 4 heteroatoms. The molecule has 1 N–H and O–H groups in total. The number of amides is 1. The molecule has 4 rings (SSSR count). The highest BCUT2D eigenvalue weighted by molar-refractivity contribution is 7.10. The van der Waals surface area contributed by atoms with Crippen molar-refractivity contribution in [2.24, 2.45) is 11.8 Å². The summed E-state index contributed by atoms with van der Waals surface area (Å²) in [6.07, 6.45) is 7.39. The second-order valence-corrected chi connectivity index (χ2v) is 8.21. The Bertz CT molecular complexity index is 515. The van der Waals surface area contributed by atoms with Crippen molar-refractivity contribution in [2.75, 3.05) is 6.54 Å². The average molecular weight is 304 g/mol. The molecule has 1 spiro atoms. The molecule has 2 heterocycles. The highest BCUT2D eigenvalue weighted by Crippen LogP contribution is 2.47. The molecule has 1 atom stereocenters. The van der Waals surface area contributed by atoms with Crippen molar-refractivity contribution in [2.45, 2.75) is 57.2 Å². The number of carbonyl (C=O) groups excluding carboxylic acids is 1. The van der Waals surface area contributed by atoms with E-state index < -0.39 is 0 Å². The van der Waals surface area contributed by atoms with Crippen molar-refractivity contribution in [3.8, 4) is 0 Å². The van der Waals surface area contributed by atoms with E-state index in [0.717, 1.165) is 25.3 Å². The van der Waals surface area contributed by atoms with Gasteiger partial charge in [0.25, 0.3) is 0 Å². The molecule has 21 heavy (non-hydrogen) atoms. The highest BCUT2D eigenvalue weighted by atomic mass is 32.1. The van der Waals surface area contributed by atoms with Crippen LogP contribution in [0, 0.1) is 11.8 Å². The van der Waals surface area contributed by atoms with E-state index in [1.54, 1.807) is 11.3 Å². The molecule has 1 unspecified atom stereocenters. The molecule has 3 fully saturated rings. The maximum Gasteiger partial charge on any atom is 0.244 e. The second kappa shape index (κ2) is 5.10. The summed E-state index contributed by atoms with van der Waals surface area (Å²) < 4.78 is 0. The second-order valence-electron chi connectivity index (χ2n) is 7.23. The topological polar surface area (TPSA) is 32.3 Å². The van der Waals surface area contributed by atoms with E-state index in [1.165, 1.54) is 30.6 Å². The minimum atomic E-state index is -0.198. The fourth-order valence-electron chi connectivity index (χ4n) is 3.93. The summed E-state index contributed by atoms with van der Waals surface area (Å²) in [4.78, 5) is 16.2. The number of rotatable bonds is 3. The fourth-order valence-corrected chi connectivity index (χ4v) is 4.71. The molecule has 0 aromatic carbocycles. The summed E-state index contributed by atoms with van der Waals surface area (Å²) in [6, 6.07) is 4.25. The lowest BCUT2D eigenvalue weighted by atomic mass is 9.83. The summed E-state index contributed by atoms with van der Waals surface area (Å²) in [6.45, 7) is 3.30. The summed E-state index contributed by atoms with van der Waals surface area (Å²) in [5.41, 5.74) is -0.198. The third-order valence-corrected chi connectivity index (χ3v) is 6.47. The minimum absolute atomic E-state index is 0.124. The van der Waals surface area contributed by atoms with Crippen molar-refractivity contribution in [1.82, 2.24) is 10.2 Å². The maximum absolute atomic E-state index is 12.8. The van der Waals surface area contributed by atoms with Gasteiger partial charge in [-0.15, -0.1) is 11.3 Å². The van der Waals surface area contributed by atoms with Crippen molar-refractivity contribution in [3.05, 3.63) is 22.4 Å². The Labute approximate surface area is 130 Å². The first-order valence-electron chi connectivity index (χ1n) is 8.30. The molecule has 1 saturated heterocycles. The van der Waals surface area contributed by atoms with Crippen LogP contribution >= 0.6 is 11.3 Å². The van der Waals surface area contributed by atoms with E-state index in [-0.39, 0.29) is 11.7 Å². The molecule has 3 nitrogen and oxygen atoms in total. The maximum atomic E-state index is 12.8. The van der Waals surface area contributed by atoms with Crippen LogP contribution < -0.4 is 5.32 Å². The Morgan fingerprint density at radius 1 is 1.33 bits per heavy atom. The molecule has 1 aromatic rings. The molecule has 1 aliphatic heterocycles. The highest BCUT2D eigenvalue weighted by Gasteiger charge is 2.59. The lowest BCUT2D eigenvalue weighted by Crippen LogP contribution is -2.36. The van der Waals surface area contributed by atoms with Crippen molar-refractivity contribution >= 4 is 17.2 Å². The summed E-state index contributed by atoms with van der Waals surface area (Å²) in [5, 5.41) is 5.74. The summed E-state index contributed by atoms with van der Waals surface area (Å²) in [5.74, 6) is 1.93. The summed E-state index contributed by atoms with van der Waals surface area (Å²) in [7, 11) is 0. The number of nitrogens with one attached hydrogen (secondary N) is 1. The van der Waals surface area contributed by atoms with Crippen molar-refractivity contribution in [3.63, 3.8) is 0 Å². The van der Waals surface area contributed by atoms with Crippen LogP contribution in [0.1, 0.15) is 56.5 Å². The van der Waals surface area contributed by atoms with Gasteiger partial charge in [0.15, 0.2) is 0 Å². The van der Waals surface area contributed by atoms with Gasteiger partial charge in [0.05, 0.1) is 0 Å². The molecule has 114 valence electrons. The number of hydrogen-bond donors (Lipinski definition) is 1. The Hall–Kier alpha value is -0.870. The van der Waals surface area contributed by atoms with E-state index in [2.05, 4.69) is 34.7 Å². The van der Waals surface area contributed by atoms with E-state index in [0.29, 0.717) is 11.8 Å². The third kappa shape index (κ3) is 2.42. The predicted octanol–water partition coefficient (Wildman–Crippen LogP) is 3.54. The molecule has 0 radical (unpaired) electrons. The van der Waals surface area contributed by atoms with E-state index >= 15 is 0 Å². The van der Waals surface area contributed by atoms with Crippen LogP contribution in [-0.4, -0.2) is 22.9 Å². The monoisotopic (exact) mass is 304 g/mol. The fraction of sp³-hybridized carbons (Fsp3) is 0.706. The Morgan fingerprint density at radius 2 is 2.10 bits per heavy atom. The normalized spacial score (nSPS) is 34.6. The van der Waals surface area contributed by atoms with Gasteiger partial charge in [-0.05, 0) is 49.0 Å². The van der Waals surface area contributed by atoms with Gasteiger partial charge in [0.2, 0.25) is 5.91 Å². The van der Waals surface area contributed by atoms with Gasteiger partial charge in [0, 0.05) is 11.4 Å². The van der Waals surface area contributed by atoms with Gasteiger partial charge in [-0.1, -0.05) is 25.8 Å². The zero-order chi connectivity index (χ0) is 14.4. The molecule has 1 aromatic heterocycles. The van der Waals surface area contributed by atoms with Gasteiger partial charge in [-0.3, -0.25) is 10.1 Å². The zero-order valence-corrected chi connectivity index (χ0v) is 13.5. The van der Waals surface area contributed by atoms with Gasteiger partial charge in [-0.25, -0.2) is 0 Å². The SMILES string of the molecule is CC1CCC(CN2C(=O)C3(CC3)NC2c2cccs2)CC1. The molecule has 2 saturated carbocycles. The molecular formula is C17H24N2OS. The Morgan fingerprint density at radius 3 is 2.71 bits per heavy atom. The molecule has 1 amide bonds. The van der Waals surface area contributed by atoms with Gasteiger partial charge < -0.3 is 4.90 Å². The third-order valence-electron chi connectivity index (χ3n) is 5.55. The summed E-state index contributed by atoms with van der Waals surface area (Å²) >= 11 is 1.76. The first-order chi connectivity index (χ1) is 10.2. The van der Waals surface area contributed by atoms with Crippen LogP contribution in [0.25, 0.3) is 0 Å². The van der Waals surface area contributed by atoms with Crippen LogP contribution in [0.2, 0.25) is 0 Å². The Kier molecular flexibility index (Phi) is 3.34. The standard InChI is InChI=1S/C17H24N2OS/c1-12-4-6-13(7-5-12)11-19-15(14-3-2-10-21-14)18-17(8-9-17)16(19)20/h2-3,10,12-13,15,18H,4-9,11H2,1H3. The largest absolute Gasteiger partial charge is 0.320 e. The molecule has 3 aliphatic rings. The lowest BCUT2D eigenvalue weighted by Gasteiger charge is -2.32. The molecule has 0 bridgehead atoms. The zero-order valence-electron chi connectivity index (χ0n) is 12.7. The van der Waals surface area contributed by atoms with Crippen molar-refractivity contribution in [1.29, 1.82) is 0 Å². The molecular weight excluding hydrogens is 280 g/mol. The average Bonchev–Trinajstić information content (AvgIpc) is 2.97. The van der Waals surface area contributed by atoms with E-state index in [9.17, 15) is 4.79 Å². The van der Waals surface area contributed by atoms with Crippen LogP contribution in [0.4, 0.5) is 0 Å². The van der Waals surface area contributed by atoms with Crippen LogP contribution in [0.5, 0.6) is 0 Å². The van der Waals surface area contributed by atoms with Gasteiger partial charge in [0.1, 0.15) is 11.7 Å². The van der Waals surface area contributed by atoms with Gasteiger partial charge in [-0.2, -0.15) is 0 Å². The lowest BCUT2D eigenvalue weighted by molar-refractivity contribution is -0.131.